The molecule has 0 amide bonds. The third-order valence-corrected chi connectivity index (χ3v) is 7.69. The highest BCUT2D eigenvalue weighted by Crippen LogP contribution is 2.58. The van der Waals surface area contributed by atoms with Crippen LogP contribution < -0.4 is 0 Å². The van der Waals surface area contributed by atoms with Gasteiger partial charge in [-0.1, -0.05) is 29.8 Å². The Morgan fingerprint density at radius 2 is 1.69 bits per heavy atom. The Morgan fingerprint density at radius 1 is 1.03 bits per heavy atom. The smallest absolute Gasteiger partial charge is 0.173 e. The van der Waals surface area contributed by atoms with E-state index in [0.717, 1.165) is 23.1 Å². The van der Waals surface area contributed by atoms with Gasteiger partial charge in [0, 0.05) is 10.8 Å². The molecule has 0 saturated carbocycles. The summed E-state index contributed by atoms with van der Waals surface area (Å²) in [5, 5.41) is 11.2. The molecule has 2 saturated heterocycles. The lowest BCUT2D eigenvalue weighted by atomic mass is 9.72. The summed E-state index contributed by atoms with van der Waals surface area (Å²) < 4.78 is 6.25. The van der Waals surface area contributed by atoms with Crippen molar-refractivity contribution in [3.8, 4) is 0 Å². The minimum absolute atomic E-state index is 0.0613. The van der Waals surface area contributed by atoms with Crippen molar-refractivity contribution in [1.82, 2.24) is 0 Å². The monoisotopic (exact) mass is 406 g/mol. The standard InChI is InChI=1S/C25H26O3S/c1-12-9-13(2)19(14(3)10-12)21-23(26)20-18-11-17(25(28-18)22(20)24(21)27)15-5-7-16(29-4)8-6-15/h5-10,17-18,20,22,25,27H,11H2,1-4H3/t17?,18?,20-,22+,25?/m0/s1. The molecule has 5 rings (SSSR count). The van der Waals surface area contributed by atoms with Gasteiger partial charge in [-0.25, -0.2) is 0 Å². The van der Waals surface area contributed by atoms with E-state index in [2.05, 4.69) is 49.6 Å². The molecule has 0 spiro atoms. The highest BCUT2D eigenvalue weighted by atomic mass is 32.2. The molecule has 29 heavy (non-hydrogen) atoms. The summed E-state index contributed by atoms with van der Waals surface area (Å²) in [5.74, 6) is 0.0734. The second-order valence-corrected chi connectivity index (χ2v) is 9.58. The molecule has 4 heteroatoms. The average Bonchev–Trinajstić information content (AvgIpc) is 3.34. The van der Waals surface area contributed by atoms with E-state index >= 15 is 0 Å². The highest BCUT2D eigenvalue weighted by molar-refractivity contribution is 7.98. The summed E-state index contributed by atoms with van der Waals surface area (Å²) in [4.78, 5) is 14.6. The average molecular weight is 407 g/mol. The molecule has 0 radical (unpaired) electrons. The molecule has 2 aromatic rings. The summed E-state index contributed by atoms with van der Waals surface area (Å²) in [5.41, 5.74) is 5.96. The van der Waals surface area contributed by atoms with Crippen LogP contribution in [0.3, 0.4) is 0 Å². The van der Waals surface area contributed by atoms with Crippen molar-refractivity contribution in [3.05, 3.63) is 70.0 Å². The molecule has 2 heterocycles. The van der Waals surface area contributed by atoms with Gasteiger partial charge in [-0.2, -0.15) is 0 Å². The highest BCUT2D eigenvalue weighted by Gasteiger charge is 2.62. The Bertz CT molecular complexity index is 1010. The second-order valence-electron chi connectivity index (χ2n) is 8.70. The van der Waals surface area contributed by atoms with Crippen molar-refractivity contribution in [2.45, 2.75) is 50.2 Å². The van der Waals surface area contributed by atoms with Crippen LogP contribution >= 0.6 is 11.8 Å². The maximum atomic E-state index is 13.4. The summed E-state index contributed by atoms with van der Waals surface area (Å²) in [6.07, 6.45) is 2.69. The number of aliphatic hydroxyl groups excluding tert-OH is 1. The van der Waals surface area contributed by atoms with Crippen LogP contribution in [-0.4, -0.2) is 29.4 Å². The molecule has 3 unspecified atom stereocenters. The molecule has 2 bridgehead atoms. The molecule has 3 aliphatic rings. The van der Waals surface area contributed by atoms with Gasteiger partial charge in [-0.15, -0.1) is 11.8 Å². The van der Waals surface area contributed by atoms with Crippen molar-refractivity contribution in [1.29, 1.82) is 0 Å². The molecule has 2 fully saturated rings. The number of fused-ring (bicyclic) bond motifs is 5. The summed E-state index contributed by atoms with van der Waals surface area (Å²) in [6, 6.07) is 12.8. The summed E-state index contributed by atoms with van der Waals surface area (Å²) in [6.45, 7) is 6.11. The molecule has 3 nitrogen and oxygen atoms in total. The van der Waals surface area contributed by atoms with Crippen LogP contribution in [0.1, 0.15) is 40.2 Å². The molecule has 1 N–H and O–H groups in total. The number of carbonyl (C=O) groups is 1. The van der Waals surface area contributed by atoms with Crippen molar-refractivity contribution < 1.29 is 14.6 Å². The van der Waals surface area contributed by atoms with Gasteiger partial charge in [0.2, 0.25) is 0 Å². The third-order valence-electron chi connectivity index (χ3n) is 6.95. The van der Waals surface area contributed by atoms with Crippen LogP contribution in [0.4, 0.5) is 0 Å². The van der Waals surface area contributed by atoms with Crippen LogP contribution in [0.25, 0.3) is 5.57 Å². The number of allylic oxidation sites excluding steroid dienone is 1. The lowest BCUT2D eigenvalue weighted by molar-refractivity contribution is -0.118. The molecule has 5 atom stereocenters. The van der Waals surface area contributed by atoms with Crippen molar-refractivity contribution >= 4 is 23.1 Å². The normalized spacial score (nSPS) is 30.3. The Kier molecular flexibility index (Phi) is 4.41. The first-order chi connectivity index (χ1) is 13.9. The number of thioether (sulfide) groups is 1. The zero-order valence-electron chi connectivity index (χ0n) is 17.2. The minimum Gasteiger partial charge on any atom is -0.511 e. The zero-order valence-corrected chi connectivity index (χ0v) is 18.0. The van der Waals surface area contributed by atoms with Gasteiger partial charge in [0.15, 0.2) is 5.78 Å². The first kappa shape index (κ1) is 19.0. The SMILES string of the molecule is CSc1ccc(C2CC3OC2[C@H]2C(O)=C(c4c(C)cc(C)cc4C)C(=O)[C@@H]32)cc1. The minimum atomic E-state index is -0.239. The van der Waals surface area contributed by atoms with Crippen molar-refractivity contribution in [3.63, 3.8) is 0 Å². The number of ketones is 1. The zero-order chi connectivity index (χ0) is 20.4. The number of carbonyl (C=O) groups excluding carboxylic acids is 1. The largest absolute Gasteiger partial charge is 0.511 e. The van der Waals surface area contributed by atoms with Crippen molar-refractivity contribution in [2.24, 2.45) is 11.8 Å². The lowest BCUT2D eigenvalue weighted by Gasteiger charge is -2.27. The van der Waals surface area contributed by atoms with E-state index in [-0.39, 0.29) is 41.5 Å². The quantitative estimate of drug-likeness (QED) is 0.696. The number of hydrogen-bond donors (Lipinski definition) is 1. The fourth-order valence-electron chi connectivity index (χ4n) is 5.86. The van der Waals surface area contributed by atoms with Gasteiger partial charge in [0.1, 0.15) is 5.76 Å². The number of rotatable bonds is 3. The van der Waals surface area contributed by atoms with E-state index in [1.54, 1.807) is 11.8 Å². The van der Waals surface area contributed by atoms with Gasteiger partial charge < -0.3 is 9.84 Å². The maximum absolute atomic E-state index is 13.4. The van der Waals surface area contributed by atoms with E-state index in [1.165, 1.54) is 16.0 Å². The number of Topliss-reactive ketones (excluding diaryl/α,β-unsaturated/α-hetero) is 1. The molecule has 1 aliphatic carbocycles. The van der Waals surface area contributed by atoms with Crippen LogP contribution in [0, 0.1) is 32.6 Å². The lowest BCUT2D eigenvalue weighted by Crippen LogP contribution is -2.33. The Morgan fingerprint density at radius 3 is 2.31 bits per heavy atom. The first-order valence-electron chi connectivity index (χ1n) is 10.3. The Hall–Kier alpha value is -2.04. The fraction of sp³-hybridized carbons (Fsp3) is 0.400. The van der Waals surface area contributed by atoms with Crippen molar-refractivity contribution in [2.75, 3.05) is 6.26 Å². The Balaban J connectivity index is 1.54. The number of benzene rings is 2. The maximum Gasteiger partial charge on any atom is 0.173 e. The van der Waals surface area contributed by atoms with E-state index < -0.39 is 0 Å². The molecule has 2 aliphatic heterocycles. The third kappa shape index (κ3) is 2.72. The topological polar surface area (TPSA) is 46.5 Å². The van der Waals surface area contributed by atoms with Gasteiger partial charge in [0.25, 0.3) is 0 Å². The van der Waals surface area contributed by atoms with Crippen LogP contribution in [-0.2, 0) is 9.53 Å². The molecular formula is C25H26O3S. The number of aryl methyl sites for hydroxylation is 3. The first-order valence-corrected chi connectivity index (χ1v) is 11.5. The summed E-state index contributed by atoms with van der Waals surface area (Å²) in [7, 11) is 0. The predicted molar refractivity (Wildman–Crippen MR) is 116 cm³/mol. The number of ether oxygens (including phenoxy) is 1. The van der Waals surface area contributed by atoms with Gasteiger partial charge in [0.05, 0.1) is 29.6 Å². The van der Waals surface area contributed by atoms with E-state index in [4.69, 9.17) is 4.74 Å². The Labute approximate surface area is 176 Å². The van der Waals surface area contributed by atoms with E-state index in [1.807, 2.05) is 13.8 Å². The molecular weight excluding hydrogens is 380 g/mol. The molecule has 0 aromatic heterocycles. The molecule has 150 valence electrons. The predicted octanol–water partition coefficient (Wildman–Crippen LogP) is 5.37. The molecule has 2 aromatic carbocycles. The van der Waals surface area contributed by atoms with Gasteiger partial charge in [-0.05, 0) is 67.8 Å². The van der Waals surface area contributed by atoms with Gasteiger partial charge >= 0.3 is 0 Å². The van der Waals surface area contributed by atoms with Crippen LogP contribution in [0.2, 0.25) is 0 Å². The number of hydrogen-bond acceptors (Lipinski definition) is 4. The summed E-state index contributed by atoms with van der Waals surface area (Å²) >= 11 is 1.73. The van der Waals surface area contributed by atoms with Crippen LogP contribution in [0.15, 0.2) is 47.1 Å². The fourth-order valence-corrected chi connectivity index (χ4v) is 6.27. The van der Waals surface area contributed by atoms with E-state index in [9.17, 15) is 9.90 Å². The van der Waals surface area contributed by atoms with Gasteiger partial charge in [-0.3, -0.25) is 4.79 Å². The van der Waals surface area contributed by atoms with E-state index in [0.29, 0.717) is 5.57 Å². The second kappa shape index (κ2) is 6.75. The number of aliphatic hydroxyl groups is 1. The van der Waals surface area contributed by atoms with Crippen LogP contribution in [0.5, 0.6) is 0 Å².